The standard InChI is InChI=1S/C11H13N5O2/c1-6-14-15-11(18-6)13-10(17)9-4-7(12)5-16(9)8-2-3-8/h4-5,8H,2-3,12H2,1H3,(H,13,15,17). The molecular weight excluding hydrogens is 234 g/mol. The van der Waals surface area contributed by atoms with Crippen LogP contribution in [0.1, 0.15) is 35.3 Å². The molecule has 1 aliphatic rings. The van der Waals surface area contributed by atoms with Gasteiger partial charge in [-0.2, -0.15) is 0 Å². The molecule has 2 aromatic rings. The van der Waals surface area contributed by atoms with E-state index >= 15 is 0 Å². The number of amides is 1. The summed E-state index contributed by atoms with van der Waals surface area (Å²) >= 11 is 0. The molecule has 0 radical (unpaired) electrons. The van der Waals surface area contributed by atoms with Gasteiger partial charge in [-0.3, -0.25) is 10.1 Å². The van der Waals surface area contributed by atoms with Gasteiger partial charge in [-0.15, -0.1) is 5.10 Å². The number of hydrogen-bond donors (Lipinski definition) is 2. The van der Waals surface area contributed by atoms with Crippen LogP contribution in [0.25, 0.3) is 0 Å². The predicted molar refractivity (Wildman–Crippen MR) is 64.1 cm³/mol. The molecule has 0 atom stereocenters. The van der Waals surface area contributed by atoms with Gasteiger partial charge >= 0.3 is 6.01 Å². The van der Waals surface area contributed by atoms with Gasteiger partial charge in [0, 0.05) is 19.2 Å². The lowest BCUT2D eigenvalue weighted by Crippen LogP contribution is -2.16. The SMILES string of the molecule is Cc1nnc(NC(=O)c2cc(N)cn2C2CC2)o1. The summed E-state index contributed by atoms with van der Waals surface area (Å²) in [6, 6.07) is 2.13. The summed E-state index contributed by atoms with van der Waals surface area (Å²) in [5.74, 6) is 0.115. The first-order valence-electron chi connectivity index (χ1n) is 5.72. The number of nitrogens with two attached hydrogens (primary N) is 1. The van der Waals surface area contributed by atoms with Crippen LogP contribution in [-0.4, -0.2) is 20.7 Å². The van der Waals surface area contributed by atoms with Crippen LogP contribution in [0.3, 0.4) is 0 Å². The smallest absolute Gasteiger partial charge is 0.322 e. The molecule has 0 unspecified atom stereocenters. The molecule has 1 amide bonds. The quantitative estimate of drug-likeness (QED) is 0.852. The number of nitrogens with one attached hydrogen (secondary N) is 1. The molecule has 0 spiro atoms. The van der Waals surface area contributed by atoms with E-state index in [1.54, 1.807) is 19.2 Å². The molecule has 3 N–H and O–H groups in total. The first kappa shape index (κ1) is 10.8. The van der Waals surface area contributed by atoms with Crippen molar-refractivity contribution in [1.29, 1.82) is 0 Å². The Morgan fingerprint density at radius 2 is 2.33 bits per heavy atom. The third-order valence-electron chi connectivity index (χ3n) is 2.79. The highest BCUT2D eigenvalue weighted by atomic mass is 16.4. The first-order valence-corrected chi connectivity index (χ1v) is 5.72. The number of hydrogen-bond acceptors (Lipinski definition) is 5. The Morgan fingerprint density at radius 1 is 1.56 bits per heavy atom. The lowest BCUT2D eigenvalue weighted by Gasteiger charge is -2.05. The number of rotatable bonds is 3. The van der Waals surface area contributed by atoms with E-state index in [1.807, 2.05) is 4.57 Å². The van der Waals surface area contributed by atoms with Crippen LogP contribution >= 0.6 is 0 Å². The van der Waals surface area contributed by atoms with Gasteiger partial charge in [-0.1, -0.05) is 5.10 Å². The topological polar surface area (TPSA) is 99.0 Å². The Labute approximate surface area is 103 Å². The van der Waals surface area contributed by atoms with E-state index in [9.17, 15) is 4.79 Å². The number of nitrogen functional groups attached to an aromatic ring is 1. The lowest BCUT2D eigenvalue weighted by molar-refractivity contribution is 0.101. The summed E-state index contributed by atoms with van der Waals surface area (Å²) < 4.78 is 7.00. The van der Waals surface area contributed by atoms with Crippen molar-refractivity contribution in [3.8, 4) is 0 Å². The molecule has 94 valence electrons. The fraction of sp³-hybridized carbons (Fsp3) is 0.364. The fourth-order valence-corrected chi connectivity index (χ4v) is 1.85. The highest BCUT2D eigenvalue weighted by Gasteiger charge is 2.28. The molecule has 1 saturated carbocycles. The third kappa shape index (κ3) is 1.94. The molecule has 2 aromatic heterocycles. The Balaban J connectivity index is 1.83. The van der Waals surface area contributed by atoms with Crippen molar-refractivity contribution in [3.05, 3.63) is 23.8 Å². The molecule has 0 aromatic carbocycles. The van der Waals surface area contributed by atoms with Gasteiger partial charge in [0.05, 0.1) is 5.69 Å². The van der Waals surface area contributed by atoms with E-state index < -0.39 is 0 Å². The van der Waals surface area contributed by atoms with Crippen LogP contribution in [0.15, 0.2) is 16.7 Å². The van der Waals surface area contributed by atoms with Crippen molar-refractivity contribution in [3.63, 3.8) is 0 Å². The summed E-state index contributed by atoms with van der Waals surface area (Å²) in [6.45, 7) is 1.66. The van der Waals surface area contributed by atoms with E-state index in [1.165, 1.54) is 0 Å². The molecule has 0 bridgehead atoms. The third-order valence-corrected chi connectivity index (χ3v) is 2.79. The second kappa shape index (κ2) is 3.86. The van der Waals surface area contributed by atoms with Crippen LogP contribution in [0, 0.1) is 6.92 Å². The van der Waals surface area contributed by atoms with Crippen LogP contribution < -0.4 is 11.1 Å². The first-order chi connectivity index (χ1) is 8.63. The number of anilines is 2. The van der Waals surface area contributed by atoms with Crippen LogP contribution in [-0.2, 0) is 0 Å². The monoisotopic (exact) mass is 247 g/mol. The maximum Gasteiger partial charge on any atom is 0.322 e. The van der Waals surface area contributed by atoms with Gasteiger partial charge in [-0.25, -0.2) is 0 Å². The molecule has 1 fully saturated rings. The number of carbonyl (C=O) groups is 1. The van der Waals surface area contributed by atoms with Gasteiger partial charge in [0.25, 0.3) is 5.91 Å². The second-order valence-electron chi connectivity index (χ2n) is 4.38. The molecule has 1 aliphatic carbocycles. The lowest BCUT2D eigenvalue weighted by atomic mass is 10.4. The molecule has 18 heavy (non-hydrogen) atoms. The minimum Gasteiger partial charge on any atom is -0.408 e. The summed E-state index contributed by atoms with van der Waals surface area (Å²) in [5.41, 5.74) is 6.82. The van der Waals surface area contributed by atoms with Gasteiger partial charge < -0.3 is 14.7 Å². The second-order valence-corrected chi connectivity index (χ2v) is 4.38. The zero-order valence-electron chi connectivity index (χ0n) is 9.88. The molecule has 0 saturated heterocycles. The average molecular weight is 247 g/mol. The maximum absolute atomic E-state index is 12.1. The number of aromatic nitrogens is 3. The zero-order chi connectivity index (χ0) is 12.7. The van der Waals surface area contributed by atoms with Gasteiger partial charge in [0.15, 0.2) is 0 Å². The van der Waals surface area contributed by atoms with E-state index in [4.69, 9.17) is 10.2 Å². The Bertz CT molecular complexity index is 596. The minimum absolute atomic E-state index is 0.0969. The van der Waals surface area contributed by atoms with Crippen molar-refractivity contribution in [1.82, 2.24) is 14.8 Å². The molecule has 2 heterocycles. The van der Waals surface area contributed by atoms with Crippen molar-refractivity contribution in [2.45, 2.75) is 25.8 Å². The number of nitrogens with zero attached hydrogens (tertiary/aromatic N) is 3. The normalized spacial score (nSPS) is 14.7. The summed E-state index contributed by atoms with van der Waals surface area (Å²) in [7, 11) is 0. The highest BCUT2D eigenvalue weighted by molar-refractivity contribution is 6.02. The Kier molecular flexibility index (Phi) is 2.32. The van der Waals surface area contributed by atoms with E-state index in [0.29, 0.717) is 23.3 Å². The van der Waals surface area contributed by atoms with Crippen LogP contribution in [0.2, 0.25) is 0 Å². The molecule has 7 heteroatoms. The number of aryl methyl sites for hydroxylation is 1. The molecular formula is C11H13N5O2. The average Bonchev–Trinajstić information content (AvgIpc) is 2.98. The Hall–Kier alpha value is -2.31. The molecule has 3 rings (SSSR count). The fourth-order valence-electron chi connectivity index (χ4n) is 1.85. The summed E-state index contributed by atoms with van der Waals surface area (Å²) in [4.78, 5) is 12.1. The van der Waals surface area contributed by atoms with Gasteiger partial charge in [-0.05, 0) is 18.9 Å². The summed E-state index contributed by atoms with van der Waals surface area (Å²) in [6.07, 6.45) is 3.94. The zero-order valence-corrected chi connectivity index (χ0v) is 9.88. The van der Waals surface area contributed by atoms with Crippen LogP contribution in [0.5, 0.6) is 0 Å². The summed E-state index contributed by atoms with van der Waals surface area (Å²) in [5, 5.41) is 9.92. The highest BCUT2D eigenvalue weighted by Crippen LogP contribution is 2.37. The van der Waals surface area contributed by atoms with Crippen molar-refractivity contribution >= 4 is 17.6 Å². The molecule has 0 aliphatic heterocycles. The largest absolute Gasteiger partial charge is 0.408 e. The van der Waals surface area contributed by atoms with Gasteiger partial charge in [0.2, 0.25) is 5.89 Å². The maximum atomic E-state index is 12.1. The Morgan fingerprint density at radius 3 is 2.94 bits per heavy atom. The number of carbonyl (C=O) groups excluding carboxylic acids is 1. The molecule has 7 nitrogen and oxygen atoms in total. The minimum atomic E-state index is -0.290. The van der Waals surface area contributed by atoms with Crippen molar-refractivity contribution in [2.24, 2.45) is 0 Å². The van der Waals surface area contributed by atoms with Crippen molar-refractivity contribution < 1.29 is 9.21 Å². The van der Waals surface area contributed by atoms with Crippen molar-refractivity contribution in [2.75, 3.05) is 11.1 Å². The predicted octanol–water partition coefficient (Wildman–Crippen LogP) is 1.35. The van der Waals surface area contributed by atoms with E-state index in [-0.39, 0.29) is 11.9 Å². The van der Waals surface area contributed by atoms with Crippen LogP contribution in [0.4, 0.5) is 11.7 Å². The van der Waals surface area contributed by atoms with E-state index in [2.05, 4.69) is 15.5 Å². The van der Waals surface area contributed by atoms with E-state index in [0.717, 1.165) is 12.8 Å². The van der Waals surface area contributed by atoms with Gasteiger partial charge in [0.1, 0.15) is 5.69 Å².